The minimum absolute atomic E-state index is 0.0367. The predicted octanol–water partition coefficient (Wildman–Crippen LogP) is 2.37. The zero-order valence-corrected chi connectivity index (χ0v) is 15.2. The maximum Gasteiger partial charge on any atom is 0.255 e. The average molecular weight is 394 g/mol. The molecule has 0 aliphatic carbocycles. The molecule has 26 heavy (non-hydrogen) atoms. The highest BCUT2D eigenvalue weighted by atomic mass is 35.5. The molecule has 9 heteroatoms. The Balaban J connectivity index is 1.86. The van der Waals surface area contributed by atoms with Gasteiger partial charge in [-0.1, -0.05) is 17.7 Å². The number of sulfonamides is 1. The van der Waals surface area contributed by atoms with Gasteiger partial charge >= 0.3 is 0 Å². The lowest BCUT2D eigenvalue weighted by Crippen LogP contribution is -2.24. The monoisotopic (exact) mass is 393 g/mol. The van der Waals surface area contributed by atoms with Crippen LogP contribution in [0.4, 0.5) is 11.4 Å². The van der Waals surface area contributed by atoms with Gasteiger partial charge < -0.3 is 10.2 Å². The summed E-state index contributed by atoms with van der Waals surface area (Å²) in [7, 11) is -3.87. The van der Waals surface area contributed by atoms with Crippen molar-refractivity contribution in [2.24, 2.45) is 5.14 Å². The Bertz CT molecular complexity index is 991. The number of nitrogens with two attached hydrogens (primary N) is 1. The van der Waals surface area contributed by atoms with Crippen LogP contribution in [0.15, 0.2) is 47.4 Å². The molecule has 1 aliphatic heterocycles. The van der Waals surface area contributed by atoms with Gasteiger partial charge in [0.2, 0.25) is 15.9 Å². The molecule has 0 atom stereocenters. The van der Waals surface area contributed by atoms with Crippen molar-refractivity contribution in [3.8, 4) is 0 Å². The molecule has 2 amide bonds. The molecule has 0 unspecified atom stereocenters. The van der Waals surface area contributed by atoms with Crippen LogP contribution in [0.25, 0.3) is 0 Å². The number of amides is 2. The quantitative estimate of drug-likeness (QED) is 0.830. The second-order valence-corrected chi connectivity index (χ2v) is 7.81. The van der Waals surface area contributed by atoms with E-state index in [1.165, 1.54) is 24.3 Å². The summed E-state index contributed by atoms with van der Waals surface area (Å²) in [6.07, 6.45) is 1.19. The molecule has 1 saturated heterocycles. The van der Waals surface area contributed by atoms with Gasteiger partial charge in [-0.3, -0.25) is 9.59 Å². The van der Waals surface area contributed by atoms with Gasteiger partial charge in [0.05, 0.1) is 15.6 Å². The summed E-state index contributed by atoms with van der Waals surface area (Å²) < 4.78 is 22.8. The zero-order chi connectivity index (χ0) is 18.9. The maximum atomic E-state index is 12.5. The third-order valence-corrected chi connectivity index (χ3v) is 5.22. The van der Waals surface area contributed by atoms with Crippen LogP contribution in [0.5, 0.6) is 0 Å². The Hall–Kier alpha value is -2.42. The standard InChI is InChI=1S/C17H16ClN3O4S/c18-14-7-6-11(9-15(14)21-8-2-5-16(21)22)17(23)20-12-3-1-4-13(10-12)26(19,24)25/h1,3-4,6-7,9-10H,2,5,8H2,(H,20,23)(H2,19,24,25). The van der Waals surface area contributed by atoms with Crippen molar-refractivity contribution in [2.45, 2.75) is 17.7 Å². The molecule has 0 aromatic heterocycles. The Labute approximate surface area is 155 Å². The molecule has 7 nitrogen and oxygen atoms in total. The Morgan fingerprint density at radius 3 is 2.62 bits per heavy atom. The van der Waals surface area contributed by atoms with Gasteiger partial charge in [-0.05, 0) is 42.8 Å². The first-order valence-corrected chi connectivity index (χ1v) is 9.72. The first-order chi connectivity index (χ1) is 12.3. The molecule has 0 radical (unpaired) electrons. The fourth-order valence-electron chi connectivity index (χ4n) is 2.72. The first-order valence-electron chi connectivity index (χ1n) is 7.80. The summed E-state index contributed by atoms with van der Waals surface area (Å²) >= 11 is 6.17. The van der Waals surface area contributed by atoms with Crippen LogP contribution in [0.3, 0.4) is 0 Å². The smallest absolute Gasteiger partial charge is 0.255 e. The second-order valence-electron chi connectivity index (χ2n) is 5.84. The van der Waals surface area contributed by atoms with Crippen LogP contribution in [-0.4, -0.2) is 26.8 Å². The molecular weight excluding hydrogens is 378 g/mol. The molecule has 1 fully saturated rings. The number of anilines is 2. The van der Waals surface area contributed by atoms with Crippen molar-refractivity contribution < 1.29 is 18.0 Å². The van der Waals surface area contributed by atoms with Crippen LogP contribution in [0.1, 0.15) is 23.2 Å². The molecule has 0 spiro atoms. The number of nitrogens with zero attached hydrogens (tertiary/aromatic N) is 1. The van der Waals surface area contributed by atoms with Crippen LogP contribution in [0.2, 0.25) is 5.02 Å². The summed E-state index contributed by atoms with van der Waals surface area (Å²) in [6, 6.07) is 10.3. The van der Waals surface area contributed by atoms with Gasteiger partial charge in [0.1, 0.15) is 0 Å². The summed E-state index contributed by atoms with van der Waals surface area (Å²) in [5.41, 5.74) is 1.07. The van der Waals surface area contributed by atoms with E-state index in [0.29, 0.717) is 29.2 Å². The molecule has 3 N–H and O–H groups in total. The minimum atomic E-state index is -3.87. The number of primary sulfonamides is 1. The molecule has 1 heterocycles. The Morgan fingerprint density at radius 1 is 1.19 bits per heavy atom. The summed E-state index contributed by atoms with van der Waals surface area (Å²) in [5, 5.41) is 8.09. The van der Waals surface area contributed by atoms with E-state index in [1.54, 1.807) is 23.1 Å². The molecule has 1 aliphatic rings. The van der Waals surface area contributed by atoms with Gasteiger partial charge in [0, 0.05) is 24.2 Å². The minimum Gasteiger partial charge on any atom is -0.322 e. The first kappa shape index (κ1) is 18.4. The van der Waals surface area contributed by atoms with E-state index in [-0.39, 0.29) is 16.5 Å². The number of nitrogens with one attached hydrogen (secondary N) is 1. The van der Waals surface area contributed by atoms with Crippen molar-refractivity contribution in [1.29, 1.82) is 0 Å². The average Bonchev–Trinajstić information content (AvgIpc) is 3.00. The van der Waals surface area contributed by atoms with Crippen molar-refractivity contribution in [3.63, 3.8) is 0 Å². The Kier molecular flexibility index (Phi) is 4.99. The van der Waals surface area contributed by atoms with Crippen molar-refractivity contribution in [2.75, 3.05) is 16.8 Å². The van der Waals surface area contributed by atoms with Gasteiger partial charge in [-0.25, -0.2) is 13.6 Å². The lowest BCUT2D eigenvalue weighted by Gasteiger charge is -2.18. The summed E-state index contributed by atoms with van der Waals surface area (Å²) in [5.74, 6) is -0.494. The van der Waals surface area contributed by atoms with Gasteiger partial charge in [-0.2, -0.15) is 0 Å². The van der Waals surface area contributed by atoms with E-state index >= 15 is 0 Å². The fraction of sp³-hybridized carbons (Fsp3) is 0.176. The number of rotatable bonds is 4. The molecule has 136 valence electrons. The normalized spacial score (nSPS) is 14.5. The molecule has 2 aromatic carbocycles. The van der Waals surface area contributed by atoms with Gasteiger partial charge in [-0.15, -0.1) is 0 Å². The molecule has 2 aromatic rings. The highest BCUT2D eigenvalue weighted by molar-refractivity contribution is 7.89. The third-order valence-electron chi connectivity index (χ3n) is 3.99. The molecule has 0 bridgehead atoms. The summed E-state index contributed by atoms with van der Waals surface area (Å²) in [6.45, 7) is 0.556. The van der Waals surface area contributed by atoms with E-state index in [4.69, 9.17) is 16.7 Å². The Morgan fingerprint density at radius 2 is 1.96 bits per heavy atom. The second kappa shape index (κ2) is 7.06. The van der Waals surface area contributed by atoms with Crippen LogP contribution >= 0.6 is 11.6 Å². The number of hydrogen-bond acceptors (Lipinski definition) is 4. The maximum absolute atomic E-state index is 12.5. The third kappa shape index (κ3) is 3.87. The number of carbonyl (C=O) groups is 2. The number of carbonyl (C=O) groups excluding carboxylic acids is 2. The fourth-order valence-corrected chi connectivity index (χ4v) is 3.50. The van der Waals surface area contributed by atoms with Crippen molar-refractivity contribution >= 4 is 44.8 Å². The molecule has 0 saturated carbocycles. The number of hydrogen-bond donors (Lipinski definition) is 2. The number of halogens is 1. The van der Waals surface area contributed by atoms with E-state index in [2.05, 4.69) is 5.32 Å². The number of benzene rings is 2. The van der Waals surface area contributed by atoms with Crippen LogP contribution in [0, 0.1) is 0 Å². The largest absolute Gasteiger partial charge is 0.322 e. The van der Waals surface area contributed by atoms with Gasteiger partial charge in [0.25, 0.3) is 5.91 Å². The van der Waals surface area contributed by atoms with Crippen molar-refractivity contribution in [1.82, 2.24) is 0 Å². The predicted molar refractivity (Wildman–Crippen MR) is 98.8 cm³/mol. The van der Waals surface area contributed by atoms with Crippen LogP contribution < -0.4 is 15.4 Å². The SMILES string of the molecule is NS(=O)(=O)c1cccc(NC(=O)c2ccc(Cl)c(N3CCCC3=O)c2)c1. The summed E-state index contributed by atoms with van der Waals surface area (Å²) in [4.78, 5) is 25.9. The lowest BCUT2D eigenvalue weighted by atomic mass is 10.1. The zero-order valence-electron chi connectivity index (χ0n) is 13.6. The lowest BCUT2D eigenvalue weighted by molar-refractivity contribution is -0.117. The van der Waals surface area contributed by atoms with E-state index in [1.807, 2.05) is 0 Å². The van der Waals surface area contributed by atoms with E-state index in [0.717, 1.165) is 6.42 Å². The highest BCUT2D eigenvalue weighted by Crippen LogP contribution is 2.30. The van der Waals surface area contributed by atoms with E-state index in [9.17, 15) is 18.0 Å². The van der Waals surface area contributed by atoms with Gasteiger partial charge in [0.15, 0.2) is 0 Å². The van der Waals surface area contributed by atoms with E-state index < -0.39 is 15.9 Å². The molecular formula is C17H16ClN3O4S. The highest BCUT2D eigenvalue weighted by Gasteiger charge is 2.24. The topological polar surface area (TPSA) is 110 Å². The molecule has 3 rings (SSSR count). The van der Waals surface area contributed by atoms with Crippen molar-refractivity contribution in [3.05, 3.63) is 53.1 Å². The van der Waals surface area contributed by atoms with Crippen LogP contribution in [-0.2, 0) is 14.8 Å².